The first kappa shape index (κ1) is 28.7. The number of nitrogens with zero attached hydrogens (tertiary/aromatic N) is 3. The number of imidazole rings is 1. The van der Waals surface area contributed by atoms with Gasteiger partial charge >= 0.3 is 0 Å². The lowest BCUT2D eigenvalue weighted by Crippen LogP contribution is -2.18. The van der Waals surface area contributed by atoms with Crippen LogP contribution in [0.3, 0.4) is 0 Å². The highest BCUT2D eigenvalue weighted by atomic mass is 16.3. The fourth-order valence-electron chi connectivity index (χ4n) is 7.67. The SMILES string of the molecule is Cc1ccc(-c2nc3ccccc3n2-c2ccc3c(c2)C(C)(C)c2cc(C(C)(C)C)ccc2-3)c2oc3nc(-c4ccccc4)ccc3c12. The summed E-state index contributed by atoms with van der Waals surface area (Å²) in [4.78, 5) is 10.2. The van der Waals surface area contributed by atoms with E-state index in [4.69, 9.17) is 14.4 Å². The molecular formula is C44H37N3O. The average molecular weight is 624 g/mol. The van der Waals surface area contributed by atoms with Gasteiger partial charge in [-0.25, -0.2) is 9.97 Å². The number of para-hydroxylation sites is 2. The highest BCUT2D eigenvalue weighted by Crippen LogP contribution is 2.50. The van der Waals surface area contributed by atoms with E-state index in [1.54, 1.807) is 0 Å². The fraction of sp³-hybridized carbons (Fsp3) is 0.182. The molecule has 0 N–H and O–H groups in total. The van der Waals surface area contributed by atoms with Crippen LogP contribution in [0.2, 0.25) is 0 Å². The Hall–Kier alpha value is -5.48. The van der Waals surface area contributed by atoms with E-state index in [2.05, 4.69) is 143 Å². The predicted molar refractivity (Wildman–Crippen MR) is 198 cm³/mol. The maximum Gasteiger partial charge on any atom is 0.227 e. The third kappa shape index (κ3) is 4.15. The van der Waals surface area contributed by atoms with E-state index < -0.39 is 0 Å². The molecule has 0 spiro atoms. The summed E-state index contributed by atoms with van der Waals surface area (Å²) in [7, 11) is 0. The van der Waals surface area contributed by atoms with Crippen LogP contribution < -0.4 is 0 Å². The fourth-order valence-corrected chi connectivity index (χ4v) is 7.67. The van der Waals surface area contributed by atoms with Crippen molar-refractivity contribution in [2.45, 2.75) is 52.4 Å². The second-order valence-electron chi connectivity index (χ2n) is 14.8. The van der Waals surface area contributed by atoms with Crippen molar-refractivity contribution in [2.24, 2.45) is 0 Å². The Morgan fingerprint density at radius 3 is 2.19 bits per heavy atom. The Morgan fingerprint density at radius 1 is 0.688 bits per heavy atom. The minimum Gasteiger partial charge on any atom is -0.437 e. The summed E-state index contributed by atoms with van der Waals surface area (Å²) in [6, 6.07) is 41.2. The lowest BCUT2D eigenvalue weighted by Gasteiger charge is -2.25. The zero-order valence-corrected chi connectivity index (χ0v) is 28.2. The maximum absolute atomic E-state index is 6.69. The number of aromatic nitrogens is 3. The number of furan rings is 1. The molecule has 0 aliphatic heterocycles. The first-order chi connectivity index (χ1) is 23.1. The number of hydrogen-bond donors (Lipinski definition) is 0. The number of rotatable bonds is 3. The van der Waals surface area contributed by atoms with Crippen LogP contribution in [-0.2, 0) is 10.8 Å². The van der Waals surface area contributed by atoms with Gasteiger partial charge in [0.15, 0.2) is 0 Å². The molecule has 0 unspecified atom stereocenters. The first-order valence-electron chi connectivity index (χ1n) is 16.8. The van der Waals surface area contributed by atoms with Crippen molar-refractivity contribution < 1.29 is 4.42 Å². The van der Waals surface area contributed by atoms with Crippen LogP contribution in [0, 0.1) is 6.92 Å². The second-order valence-corrected chi connectivity index (χ2v) is 14.8. The van der Waals surface area contributed by atoms with Crippen molar-refractivity contribution in [3.05, 3.63) is 138 Å². The van der Waals surface area contributed by atoms with Gasteiger partial charge in [0.05, 0.1) is 22.3 Å². The van der Waals surface area contributed by atoms with Crippen LogP contribution in [0.15, 0.2) is 120 Å². The van der Waals surface area contributed by atoms with Crippen LogP contribution in [0.4, 0.5) is 0 Å². The molecule has 5 aromatic carbocycles. The summed E-state index contributed by atoms with van der Waals surface area (Å²) in [5.41, 5.74) is 15.3. The Morgan fingerprint density at radius 2 is 1.40 bits per heavy atom. The molecule has 48 heavy (non-hydrogen) atoms. The first-order valence-corrected chi connectivity index (χ1v) is 16.8. The van der Waals surface area contributed by atoms with Crippen molar-refractivity contribution in [1.29, 1.82) is 0 Å². The summed E-state index contributed by atoms with van der Waals surface area (Å²) >= 11 is 0. The molecule has 0 fully saturated rings. The van der Waals surface area contributed by atoms with Gasteiger partial charge in [-0.15, -0.1) is 0 Å². The molecule has 0 saturated carbocycles. The minimum atomic E-state index is -0.142. The van der Waals surface area contributed by atoms with Gasteiger partial charge in [0.2, 0.25) is 5.71 Å². The normalized spacial score (nSPS) is 13.8. The van der Waals surface area contributed by atoms with E-state index in [0.717, 1.165) is 61.3 Å². The summed E-state index contributed by atoms with van der Waals surface area (Å²) in [5.74, 6) is 0.854. The third-order valence-corrected chi connectivity index (χ3v) is 10.3. The lowest BCUT2D eigenvalue weighted by atomic mass is 9.79. The van der Waals surface area contributed by atoms with E-state index in [9.17, 15) is 0 Å². The van der Waals surface area contributed by atoms with Gasteiger partial charge in [-0.2, -0.15) is 0 Å². The van der Waals surface area contributed by atoms with E-state index in [1.807, 2.05) is 18.2 Å². The highest BCUT2D eigenvalue weighted by Gasteiger charge is 2.37. The molecule has 0 amide bonds. The minimum absolute atomic E-state index is 0.0876. The molecule has 0 radical (unpaired) electrons. The maximum atomic E-state index is 6.69. The van der Waals surface area contributed by atoms with E-state index in [0.29, 0.717) is 5.71 Å². The number of hydrogen-bond acceptors (Lipinski definition) is 3. The van der Waals surface area contributed by atoms with Crippen molar-refractivity contribution in [2.75, 3.05) is 0 Å². The molecule has 1 aliphatic rings. The molecule has 3 aromatic heterocycles. The van der Waals surface area contributed by atoms with Gasteiger partial charge in [0.25, 0.3) is 0 Å². The molecule has 9 rings (SSSR count). The van der Waals surface area contributed by atoms with Gasteiger partial charge < -0.3 is 4.42 Å². The molecule has 4 heteroatoms. The van der Waals surface area contributed by atoms with Gasteiger partial charge in [-0.3, -0.25) is 4.57 Å². The lowest BCUT2D eigenvalue weighted by molar-refractivity contribution is 0.584. The molecule has 0 saturated heterocycles. The van der Waals surface area contributed by atoms with Crippen LogP contribution in [0.25, 0.3) is 72.6 Å². The third-order valence-electron chi connectivity index (χ3n) is 10.3. The summed E-state index contributed by atoms with van der Waals surface area (Å²) in [5, 5.41) is 2.09. The van der Waals surface area contributed by atoms with E-state index in [-0.39, 0.29) is 10.8 Å². The van der Waals surface area contributed by atoms with Gasteiger partial charge in [0, 0.05) is 27.4 Å². The largest absolute Gasteiger partial charge is 0.437 e. The van der Waals surface area contributed by atoms with Crippen LogP contribution in [0.1, 0.15) is 56.9 Å². The van der Waals surface area contributed by atoms with Gasteiger partial charge in [-0.05, 0) is 88.2 Å². The average Bonchev–Trinajstić information content (AvgIpc) is 3.73. The van der Waals surface area contributed by atoms with Crippen LogP contribution >= 0.6 is 0 Å². The Balaban J connectivity index is 1.25. The number of aryl methyl sites for hydroxylation is 1. The molecular weight excluding hydrogens is 587 g/mol. The van der Waals surface area contributed by atoms with Crippen molar-refractivity contribution >= 4 is 33.1 Å². The summed E-state index contributed by atoms with van der Waals surface area (Å²) in [6.07, 6.45) is 0. The topological polar surface area (TPSA) is 43.9 Å². The summed E-state index contributed by atoms with van der Waals surface area (Å²) < 4.78 is 8.99. The standard InChI is InChI=1S/C44H37N3O/c1-26-16-19-33(40-39(26)32-22-23-36(46-42(32)48-40)27-12-8-7-9-13-27)41-45-37-14-10-11-15-38(37)47(41)29-18-21-31-30-20-17-28(43(2,3)4)24-34(30)44(5,6)35(31)25-29/h7-25H,1-6H3. The molecule has 4 nitrogen and oxygen atoms in total. The highest BCUT2D eigenvalue weighted by molar-refractivity contribution is 6.10. The number of pyridine rings is 1. The quantitative estimate of drug-likeness (QED) is 0.197. The van der Waals surface area contributed by atoms with Crippen LogP contribution in [0.5, 0.6) is 0 Å². The Bertz CT molecular complexity index is 2580. The predicted octanol–water partition coefficient (Wildman–Crippen LogP) is 11.6. The van der Waals surface area contributed by atoms with Crippen LogP contribution in [-0.4, -0.2) is 14.5 Å². The Kier molecular flexibility index (Phi) is 5.99. The van der Waals surface area contributed by atoms with Gasteiger partial charge in [0.1, 0.15) is 11.4 Å². The second kappa shape index (κ2) is 10.0. The zero-order chi connectivity index (χ0) is 32.9. The molecule has 0 bridgehead atoms. The monoisotopic (exact) mass is 623 g/mol. The zero-order valence-electron chi connectivity index (χ0n) is 28.2. The Labute approximate surface area is 280 Å². The molecule has 1 aliphatic carbocycles. The number of benzene rings is 5. The molecule has 234 valence electrons. The van der Waals surface area contributed by atoms with Crippen molar-refractivity contribution in [3.8, 4) is 39.5 Å². The smallest absolute Gasteiger partial charge is 0.227 e. The van der Waals surface area contributed by atoms with Crippen molar-refractivity contribution in [3.63, 3.8) is 0 Å². The van der Waals surface area contributed by atoms with Crippen molar-refractivity contribution in [1.82, 2.24) is 14.5 Å². The summed E-state index contributed by atoms with van der Waals surface area (Å²) in [6.45, 7) is 13.7. The molecule has 8 aromatic rings. The van der Waals surface area contributed by atoms with Gasteiger partial charge in [-0.1, -0.05) is 107 Å². The van der Waals surface area contributed by atoms with E-state index >= 15 is 0 Å². The molecule has 3 heterocycles. The van der Waals surface area contributed by atoms with E-state index in [1.165, 1.54) is 27.8 Å². The molecule has 0 atom stereocenters. The number of fused-ring (bicyclic) bond motifs is 7.